The van der Waals surface area contributed by atoms with Crippen LogP contribution in [0.2, 0.25) is 0 Å². The standard InChI is InChI=1S/C15H19BrClNO/c1-10-2-7-13(14(16)8-10)15(19)18-9-11-3-5-12(17)6-4-11/h2,7-8,11-12H,3-6,9H2,1H3,(H,18,19). The minimum absolute atomic E-state index is 0.000119. The molecule has 0 bridgehead atoms. The van der Waals surface area contributed by atoms with Crippen molar-refractivity contribution in [3.63, 3.8) is 0 Å². The molecule has 1 aliphatic carbocycles. The number of carbonyl (C=O) groups is 1. The second-order valence-corrected chi connectivity index (χ2v) is 6.78. The van der Waals surface area contributed by atoms with E-state index in [-0.39, 0.29) is 5.91 Å². The quantitative estimate of drug-likeness (QED) is 0.815. The third-order valence-electron chi connectivity index (χ3n) is 3.70. The van der Waals surface area contributed by atoms with E-state index >= 15 is 0 Å². The average Bonchev–Trinajstić information content (AvgIpc) is 2.37. The minimum Gasteiger partial charge on any atom is -0.352 e. The zero-order valence-electron chi connectivity index (χ0n) is 11.1. The first kappa shape index (κ1) is 14.9. The van der Waals surface area contributed by atoms with Crippen LogP contribution in [0.4, 0.5) is 0 Å². The van der Waals surface area contributed by atoms with E-state index in [1.165, 1.54) is 0 Å². The lowest BCUT2D eigenvalue weighted by atomic mass is 9.89. The highest BCUT2D eigenvalue weighted by Gasteiger charge is 2.20. The van der Waals surface area contributed by atoms with Gasteiger partial charge in [-0.15, -0.1) is 11.6 Å². The summed E-state index contributed by atoms with van der Waals surface area (Å²) in [6.45, 7) is 2.76. The molecule has 1 aromatic carbocycles. The Bertz CT molecular complexity index is 455. The molecular formula is C15H19BrClNO. The van der Waals surface area contributed by atoms with Gasteiger partial charge in [0.25, 0.3) is 5.91 Å². The van der Waals surface area contributed by atoms with Crippen LogP contribution in [0.25, 0.3) is 0 Å². The van der Waals surface area contributed by atoms with Gasteiger partial charge in [-0.1, -0.05) is 6.07 Å². The van der Waals surface area contributed by atoms with Gasteiger partial charge in [0, 0.05) is 16.4 Å². The van der Waals surface area contributed by atoms with E-state index in [1.54, 1.807) is 0 Å². The summed E-state index contributed by atoms with van der Waals surface area (Å²) in [5.74, 6) is 0.572. The molecule has 2 rings (SSSR count). The van der Waals surface area contributed by atoms with Gasteiger partial charge in [-0.05, 0) is 72.2 Å². The number of nitrogens with one attached hydrogen (secondary N) is 1. The highest BCUT2D eigenvalue weighted by molar-refractivity contribution is 9.10. The van der Waals surface area contributed by atoms with Crippen LogP contribution in [0.15, 0.2) is 22.7 Å². The number of hydrogen-bond donors (Lipinski definition) is 1. The topological polar surface area (TPSA) is 29.1 Å². The first-order chi connectivity index (χ1) is 9.06. The molecule has 0 radical (unpaired) electrons. The van der Waals surface area contributed by atoms with Crippen molar-refractivity contribution in [2.75, 3.05) is 6.54 Å². The number of carbonyl (C=O) groups excluding carboxylic acids is 1. The molecule has 19 heavy (non-hydrogen) atoms. The molecule has 104 valence electrons. The van der Waals surface area contributed by atoms with Crippen LogP contribution in [-0.2, 0) is 0 Å². The molecule has 4 heteroatoms. The van der Waals surface area contributed by atoms with Crippen LogP contribution in [-0.4, -0.2) is 17.8 Å². The van der Waals surface area contributed by atoms with Crippen molar-refractivity contribution in [3.8, 4) is 0 Å². The lowest BCUT2D eigenvalue weighted by Gasteiger charge is -2.25. The van der Waals surface area contributed by atoms with Crippen LogP contribution in [0, 0.1) is 12.8 Å². The number of halogens is 2. The highest BCUT2D eigenvalue weighted by Crippen LogP contribution is 2.27. The van der Waals surface area contributed by atoms with Crippen molar-refractivity contribution >= 4 is 33.4 Å². The summed E-state index contributed by atoms with van der Waals surface area (Å²) in [6, 6.07) is 5.79. The van der Waals surface area contributed by atoms with Gasteiger partial charge < -0.3 is 5.32 Å². The second-order valence-electron chi connectivity index (χ2n) is 5.31. The van der Waals surface area contributed by atoms with Crippen molar-refractivity contribution < 1.29 is 4.79 Å². The summed E-state index contributed by atoms with van der Waals surface area (Å²) in [4.78, 5) is 12.1. The summed E-state index contributed by atoms with van der Waals surface area (Å²) in [6.07, 6.45) is 4.36. The van der Waals surface area contributed by atoms with Crippen LogP contribution in [0.5, 0.6) is 0 Å². The van der Waals surface area contributed by atoms with Crippen molar-refractivity contribution in [2.45, 2.75) is 38.0 Å². The molecule has 0 spiro atoms. The SMILES string of the molecule is Cc1ccc(C(=O)NCC2CCC(Cl)CC2)c(Br)c1. The molecule has 1 amide bonds. The number of amides is 1. The molecule has 0 atom stereocenters. The molecular weight excluding hydrogens is 326 g/mol. The average molecular weight is 345 g/mol. The number of benzene rings is 1. The van der Waals surface area contributed by atoms with Crippen molar-refractivity contribution in [2.24, 2.45) is 5.92 Å². The summed E-state index contributed by atoms with van der Waals surface area (Å²) in [7, 11) is 0. The Morgan fingerprint density at radius 2 is 2.05 bits per heavy atom. The van der Waals surface area contributed by atoms with Crippen LogP contribution in [0.3, 0.4) is 0 Å². The third-order valence-corrected chi connectivity index (χ3v) is 4.79. The predicted molar refractivity (Wildman–Crippen MR) is 82.8 cm³/mol. The van der Waals surface area contributed by atoms with Gasteiger partial charge in [-0.2, -0.15) is 0 Å². The first-order valence-electron chi connectivity index (χ1n) is 6.74. The molecule has 1 fully saturated rings. The Hall–Kier alpha value is -0.540. The van der Waals surface area contributed by atoms with Gasteiger partial charge in [0.05, 0.1) is 5.56 Å². The molecule has 0 aliphatic heterocycles. The Kier molecular flexibility index (Phi) is 5.28. The number of rotatable bonds is 3. The molecule has 1 aromatic rings. The summed E-state index contributed by atoms with van der Waals surface area (Å²) < 4.78 is 0.856. The fraction of sp³-hybridized carbons (Fsp3) is 0.533. The Balaban J connectivity index is 1.87. The van der Waals surface area contributed by atoms with Crippen molar-refractivity contribution in [1.29, 1.82) is 0 Å². The van der Waals surface area contributed by atoms with E-state index in [2.05, 4.69) is 21.2 Å². The van der Waals surface area contributed by atoms with Gasteiger partial charge in [0.15, 0.2) is 0 Å². The molecule has 1 saturated carbocycles. The Labute approximate surface area is 128 Å². The van der Waals surface area contributed by atoms with E-state index in [0.29, 0.717) is 16.9 Å². The highest BCUT2D eigenvalue weighted by atomic mass is 79.9. The minimum atomic E-state index is -0.000119. The number of aryl methyl sites for hydroxylation is 1. The monoisotopic (exact) mass is 343 g/mol. The van der Waals surface area contributed by atoms with Crippen molar-refractivity contribution in [1.82, 2.24) is 5.32 Å². The van der Waals surface area contributed by atoms with E-state index < -0.39 is 0 Å². The molecule has 0 saturated heterocycles. The van der Waals surface area contributed by atoms with E-state index in [4.69, 9.17) is 11.6 Å². The van der Waals surface area contributed by atoms with Gasteiger partial charge in [0.1, 0.15) is 0 Å². The predicted octanol–water partition coefficient (Wildman–Crippen LogP) is 4.28. The fourth-order valence-electron chi connectivity index (χ4n) is 2.46. The Morgan fingerprint density at radius 3 is 2.68 bits per heavy atom. The van der Waals surface area contributed by atoms with Crippen LogP contribution < -0.4 is 5.32 Å². The molecule has 2 nitrogen and oxygen atoms in total. The number of alkyl halides is 1. The van der Waals surface area contributed by atoms with Gasteiger partial charge in [-0.3, -0.25) is 4.79 Å². The maximum Gasteiger partial charge on any atom is 0.252 e. The normalized spacial score (nSPS) is 23.1. The van der Waals surface area contributed by atoms with Crippen molar-refractivity contribution in [3.05, 3.63) is 33.8 Å². The van der Waals surface area contributed by atoms with Crippen LogP contribution in [0.1, 0.15) is 41.6 Å². The third kappa shape index (κ3) is 4.22. The van der Waals surface area contributed by atoms with E-state index in [1.807, 2.05) is 25.1 Å². The van der Waals surface area contributed by atoms with E-state index in [9.17, 15) is 4.79 Å². The maximum absolute atomic E-state index is 12.1. The van der Waals surface area contributed by atoms with Crippen LogP contribution >= 0.6 is 27.5 Å². The molecule has 1 N–H and O–H groups in total. The van der Waals surface area contributed by atoms with Gasteiger partial charge in [-0.25, -0.2) is 0 Å². The largest absolute Gasteiger partial charge is 0.352 e. The molecule has 0 unspecified atom stereocenters. The zero-order chi connectivity index (χ0) is 13.8. The Morgan fingerprint density at radius 1 is 1.37 bits per heavy atom. The smallest absolute Gasteiger partial charge is 0.252 e. The molecule has 0 heterocycles. The van der Waals surface area contributed by atoms with E-state index in [0.717, 1.165) is 42.3 Å². The molecule has 0 aromatic heterocycles. The summed E-state index contributed by atoms with van der Waals surface area (Å²) in [5.41, 5.74) is 1.85. The second kappa shape index (κ2) is 6.76. The first-order valence-corrected chi connectivity index (χ1v) is 7.97. The van der Waals surface area contributed by atoms with Gasteiger partial charge in [0.2, 0.25) is 0 Å². The fourth-order valence-corrected chi connectivity index (χ4v) is 3.39. The zero-order valence-corrected chi connectivity index (χ0v) is 13.4. The lowest BCUT2D eigenvalue weighted by Crippen LogP contribution is -2.31. The van der Waals surface area contributed by atoms with Gasteiger partial charge >= 0.3 is 0 Å². The summed E-state index contributed by atoms with van der Waals surface area (Å²) >= 11 is 9.53. The summed E-state index contributed by atoms with van der Waals surface area (Å²) in [5, 5.41) is 3.36. The lowest BCUT2D eigenvalue weighted by molar-refractivity contribution is 0.0943. The number of hydrogen-bond acceptors (Lipinski definition) is 1. The maximum atomic E-state index is 12.1. The molecule has 1 aliphatic rings.